The third-order valence-electron chi connectivity index (χ3n) is 3.61. The maximum Gasteiger partial charge on any atom is 0.262 e. The van der Waals surface area contributed by atoms with Crippen LogP contribution in [0.4, 0.5) is 5.69 Å². The average Bonchev–Trinajstić information content (AvgIpc) is 2.60. The van der Waals surface area contributed by atoms with Crippen LogP contribution in [-0.4, -0.2) is 35.6 Å². The molecule has 25 heavy (non-hydrogen) atoms. The molecule has 0 aliphatic rings. The number of ether oxygens (including phenoxy) is 2. The number of nitrogens with one attached hydrogen (secondary N) is 2. The number of sulfonamides is 1. The normalized spacial score (nSPS) is 10.9. The fraction of sp³-hybridized carbons (Fsp3) is 0.235. The summed E-state index contributed by atoms with van der Waals surface area (Å²) in [6, 6.07) is 9.04. The van der Waals surface area contributed by atoms with Gasteiger partial charge in [-0.25, -0.2) is 8.42 Å². The Morgan fingerprint density at radius 3 is 2.20 bits per heavy atom. The predicted octanol–water partition coefficient (Wildman–Crippen LogP) is 2.17. The zero-order valence-corrected chi connectivity index (χ0v) is 15.2. The Labute approximate surface area is 147 Å². The lowest BCUT2D eigenvalue weighted by Gasteiger charge is -2.14. The molecule has 0 saturated carbocycles. The molecule has 0 aromatic heterocycles. The lowest BCUT2D eigenvalue weighted by Crippen LogP contribution is -2.19. The summed E-state index contributed by atoms with van der Waals surface area (Å²) >= 11 is 0. The SMILES string of the molecule is CNC(=O)c1ccc(OC)c(NS(=O)(=O)c2ccc(OC)c(C)c2)c1. The van der Waals surface area contributed by atoms with Gasteiger partial charge in [0, 0.05) is 12.6 Å². The summed E-state index contributed by atoms with van der Waals surface area (Å²) in [5.74, 6) is 0.572. The minimum absolute atomic E-state index is 0.0817. The minimum atomic E-state index is -3.86. The summed E-state index contributed by atoms with van der Waals surface area (Å²) in [6.07, 6.45) is 0. The molecule has 2 aromatic rings. The molecule has 8 heteroatoms. The Morgan fingerprint density at radius 2 is 1.64 bits per heavy atom. The van der Waals surface area contributed by atoms with Gasteiger partial charge in [-0.05, 0) is 48.9 Å². The van der Waals surface area contributed by atoms with E-state index in [0.717, 1.165) is 0 Å². The second kappa shape index (κ2) is 7.43. The molecule has 0 heterocycles. The number of anilines is 1. The van der Waals surface area contributed by atoms with E-state index in [-0.39, 0.29) is 16.5 Å². The zero-order valence-electron chi connectivity index (χ0n) is 14.4. The summed E-state index contributed by atoms with van der Waals surface area (Å²) in [7, 11) is 0.575. The molecule has 2 N–H and O–H groups in total. The monoisotopic (exact) mass is 364 g/mol. The molecular weight excluding hydrogens is 344 g/mol. The van der Waals surface area contributed by atoms with E-state index in [9.17, 15) is 13.2 Å². The zero-order chi connectivity index (χ0) is 18.6. The van der Waals surface area contributed by atoms with Crippen LogP contribution in [0.2, 0.25) is 0 Å². The Morgan fingerprint density at radius 1 is 1.00 bits per heavy atom. The van der Waals surface area contributed by atoms with Crippen LogP contribution in [-0.2, 0) is 10.0 Å². The van der Waals surface area contributed by atoms with Crippen molar-refractivity contribution in [2.24, 2.45) is 0 Å². The Kier molecular flexibility index (Phi) is 5.53. The smallest absolute Gasteiger partial charge is 0.262 e. The van der Waals surface area contributed by atoms with Crippen LogP contribution in [0.15, 0.2) is 41.3 Å². The Balaban J connectivity index is 2.43. The number of carbonyl (C=O) groups excluding carboxylic acids is 1. The predicted molar refractivity (Wildman–Crippen MR) is 94.9 cm³/mol. The van der Waals surface area contributed by atoms with E-state index in [2.05, 4.69) is 10.0 Å². The van der Waals surface area contributed by atoms with Crippen molar-refractivity contribution in [1.29, 1.82) is 0 Å². The standard InChI is InChI=1S/C17H20N2O5S/c1-11-9-13(6-8-15(11)23-3)25(21,22)19-14-10-12(17(20)18-2)5-7-16(14)24-4/h5-10,19H,1-4H3,(H,18,20). The van der Waals surface area contributed by atoms with Crippen molar-refractivity contribution < 1.29 is 22.7 Å². The van der Waals surface area contributed by atoms with E-state index in [1.807, 2.05) is 0 Å². The van der Waals surface area contributed by atoms with Crippen LogP contribution < -0.4 is 19.5 Å². The van der Waals surface area contributed by atoms with E-state index in [1.54, 1.807) is 19.1 Å². The molecule has 7 nitrogen and oxygen atoms in total. The highest BCUT2D eigenvalue weighted by atomic mass is 32.2. The van der Waals surface area contributed by atoms with Crippen LogP contribution in [0.25, 0.3) is 0 Å². The second-order valence-corrected chi connectivity index (χ2v) is 6.91. The molecule has 0 bridgehead atoms. The molecule has 0 atom stereocenters. The molecule has 0 radical (unpaired) electrons. The molecule has 0 aliphatic carbocycles. The molecule has 0 spiro atoms. The molecule has 0 aliphatic heterocycles. The van der Waals surface area contributed by atoms with E-state index >= 15 is 0 Å². The summed E-state index contributed by atoms with van der Waals surface area (Å²) in [5, 5.41) is 2.49. The van der Waals surface area contributed by atoms with E-state index in [4.69, 9.17) is 9.47 Å². The lowest BCUT2D eigenvalue weighted by molar-refractivity contribution is 0.0963. The Hall–Kier alpha value is -2.74. The minimum Gasteiger partial charge on any atom is -0.496 e. The van der Waals surface area contributed by atoms with Gasteiger partial charge in [0.1, 0.15) is 11.5 Å². The highest BCUT2D eigenvalue weighted by Crippen LogP contribution is 2.29. The first kappa shape index (κ1) is 18.6. The quantitative estimate of drug-likeness (QED) is 0.819. The first-order valence-corrected chi connectivity index (χ1v) is 8.88. The highest BCUT2D eigenvalue weighted by molar-refractivity contribution is 7.92. The number of rotatable bonds is 6. The lowest BCUT2D eigenvalue weighted by atomic mass is 10.2. The number of amides is 1. The second-order valence-electron chi connectivity index (χ2n) is 5.23. The van der Waals surface area contributed by atoms with Gasteiger partial charge in [0.2, 0.25) is 0 Å². The maximum atomic E-state index is 12.7. The third kappa shape index (κ3) is 4.03. The summed E-state index contributed by atoms with van der Waals surface area (Å²) < 4.78 is 38.1. The first-order valence-electron chi connectivity index (χ1n) is 7.40. The van der Waals surface area contributed by atoms with Crippen molar-refractivity contribution in [2.45, 2.75) is 11.8 Å². The van der Waals surface area contributed by atoms with Crippen molar-refractivity contribution in [2.75, 3.05) is 26.0 Å². The van der Waals surface area contributed by atoms with Gasteiger partial charge in [-0.3, -0.25) is 9.52 Å². The molecule has 1 amide bonds. The van der Waals surface area contributed by atoms with Crippen molar-refractivity contribution in [3.63, 3.8) is 0 Å². The average molecular weight is 364 g/mol. The first-order chi connectivity index (χ1) is 11.8. The number of aryl methyl sites for hydroxylation is 1. The van der Waals surface area contributed by atoms with Crippen molar-refractivity contribution in [3.05, 3.63) is 47.5 Å². The van der Waals surface area contributed by atoms with Gasteiger partial charge in [0.15, 0.2) is 0 Å². The van der Waals surface area contributed by atoms with Crippen molar-refractivity contribution >= 4 is 21.6 Å². The van der Waals surface area contributed by atoms with Crippen molar-refractivity contribution in [1.82, 2.24) is 5.32 Å². The van der Waals surface area contributed by atoms with E-state index in [0.29, 0.717) is 22.6 Å². The van der Waals surface area contributed by atoms with Crippen molar-refractivity contribution in [3.8, 4) is 11.5 Å². The Bertz CT molecular complexity index is 894. The third-order valence-corrected chi connectivity index (χ3v) is 4.97. The van der Waals surface area contributed by atoms with Gasteiger partial charge in [-0.1, -0.05) is 0 Å². The maximum absolute atomic E-state index is 12.7. The topological polar surface area (TPSA) is 93.7 Å². The molecule has 0 fully saturated rings. The molecule has 0 saturated heterocycles. The van der Waals surface area contributed by atoms with Gasteiger partial charge in [-0.2, -0.15) is 0 Å². The van der Waals surface area contributed by atoms with Crippen LogP contribution in [0.5, 0.6) is 11.5 Å². The van der Waals surface area contributed by atoms with Gasteiger partial charge in [-0.15, -0.1) is 0 Å². The number of methoxy groups -OCH3 is 2. The molecule has 2 rings (SSSR count). The van der Waals surface area contributed by atoms with Crippen LogP contribution in [0.3, 0.4) is 0 Å². The van der Waals surface area contributed by atoms with Gasteiger partial charge in [0.05, 0.1) is 24.8 Å². The van der Waals surface area contributed by atoms with Gasteiger partial charge < -0.3 is 14.8 Å². The molecule has 2 aromatic carbocycles. The number of carbonyl (C=O) groups is 1. The molecule has 134 valence electrons. The number of hydrogen-bond acceptors (Lipinski definition) is 5. The largest absolute Gasteiger partial charge is 0.496 e. The van der Waals surface area contributed by atoms with E-state index in [1.165, 1.54) is 45.5 Å². The number of benzene rings is 2. The summed E-state index contributed by atoms with van der Waals surface area (Å²) in [5.41, 5.74) is 1.18. The van der Waals surface area contributed by atoms with Gasteiger partial charge >= 0.3 is 0 Å². The van der Waals surface area contributed by atoms with Crippen LogP contribution >= 0.6 is 0 Å². The van der Waals surface area contributed by atoms with Crippen LogP contribution in [0, 0.1) is 6.92 Å². The number of hydrogen-bond donors (Lipinski definition) is 2. The molecular formula is C17H20N2O5S. The summed E-state index contributed by atoms with van der Waals surface area (Å²) in [6.45, 7) is 1.75. The van der Waals surface area contributed by atoms with E-state index < -0.39 is 10.0 Å². The van der Waals surface area contributed by atoms with Crippen LogP contribution in [0.1, 0.15) is 15.9 Å². The fourth-order valence-corrected chi connectivity index (χ4v) is 3.44. The van der Waals surface area contributed by atoms with Gasteiger partial charge in [0.25, 0.3) is 15.9 Å². The fourth-order valence-electron chi connectivity index (χ4n) is 2.30. The highest BCUT2D eigenvalue weighted by Gasteiger charge is 2.19. The summed E-state index contributed by atoms with van der Waals surface area (Å²) in [4.78, 5) is 11.9. The molecule has 0 unspecified atom stereocenters.